The van der Waals surface area contributed by atoms with Crippen LogP contribution in [0.1, 0.15) is 6.92 Å². The SMILES string of the molecule is CCNCCNS(=O)(=O)c1cc(F)ccc1Cl. The minimum atomic E-state index is -3.76. The monoisotopic (exact) mass is 280 g/mol. The summed E-state index contributed by atoms with van der Waals surface area (Å²) in [5.74, 6) is -0.638. The third-order valence-electron chi connectivity index (χ3n) is 2.03. The molecule has 0 amide bonds. The lowest BCUT2D eigenvalue weighted by Crippen LogP contribution is -2.32. The Hall–Kier alpha value is -0.690. The van der Waals surface area contributed by atoms with E-state index in [1.54, 1.807) is 0 Å². The molecule has 0 unspecified atom stereocenters. The van der Waals surface area contributed by atoms with Crippen molar-refractivity contribution in [3.63, 3.8) is 0 Å². The van der Waals surface area contributed by atoms with E-state index in [-0.39, 0.29) is 16.5 Å². The maximum atomic E-state index is 13.0. The molecular weight excluding hydrogens is 267 g/mol. The highest BCUT2D eigenvalue weighted by Gasteiger charge is 2.17. The Balaban J connectivity index is 2.79. The fraction of sp³-hybridized carbons (Fsp3) is 0.400. The Morgan fingerprint density at radius 1 is 1.35 bits per heavy atom. The van der Waals surface area contributed by atoms with Crippen molar-refractivity contribution in [2.24, 2.45) is 0 Å². The smallest absolute Gasteiger partial charge is 0.242 e. The molecule has 0 saturated heterocycles. The minimum absolute atomic E-state index is 0.00218. The van der Waals surface area contributed by atoms with Crippen LogP contribution >= 0.6 is 11.6 Å². The fourth-order valence-electron chi connectivity index (χ4n) is 1.21. The van der Waals surface area contributed by atoms with Crippen LogP contribution in [-0.4, -0.2) is 28.1 Å². The first-order valence-electron chi connectivity index (χ1n) is 5.13. The van der Waals surface area contributed by atoms with Crippen LogP contribution in [0.4, 0.5) is 4.39 Å². The summed E-state index contributed by atoms with van der Waals surface area (Å²) in [4.78, 5) is -0.240. The van der Waals surface area contributed by atoms with Gasteiger partial charge in [-0.25, -0.2) is 17.5 Å². The van der Waals surface area contributed by atoms with E-state index in [1.165, 1.54) is 6.07 Å². The van der Waals surface area contributed by atoms with Gasteiger partial charge in [0.1, 0.15) is 10.7 Å². The maximum absolute atomic E-state index is 13.0. The number of hydrogen-bond donors (Lipinski definition) is 2. The van der Waals surface area contributed by atoms with Gasteiger partial charge in [-0.3, -0.25) is 0 Å². The summed E-state index contributed by atoms with van der Waals surface area (Å²) in [6, 6.07) is 3.23. The van der Waals surface area contributed by atoms with Gasteiger partial charge in [0.2, 0.25) is 10.0 Å². The molecule has 0 fully saturated rings. The molecule has 96 valence electrons. The highest BCUT2D eigenvalue weighted by atomic mass is 35.5. The van der Waals surface area contributed by atoms with Gasteiger partial charge in [0, 0.05) is 13.1 Å². The molecule has 0 spiro atoms. The van der Waals surface area contributed by atoms with Crippen molar-refractivity contribution in [1.29, 1.82) is 0 Å². The molecule has 0 aliphatic heterocycles. The van der Waals surface area contributed by atoms with Crippen molar-refractivity contribution < 1.29 is 12.8 Å². The first-order valence-corrected chi connectivity index (χ1v) is 6.99. The first kappa shape index (κ1) is 14.4. The van der Waals surface area contributed by atoms with E-state index in [0.717, 1.165) is 18.7 Å². The van der Waals surface area contributed by atoms with Crippen LogP contribution in [0.2, 0.25) is 5.02 Å². The molecule has 7 heteroatoms. The van der Waals surface area contributed by atoms with Gasteiger partial charge in [0.05, 0.1) is 5.02 Å². The molecule has 2 N–H and O–H groups in total. The van der Waals surface area contributed by atoms with E-state index in [4.69, 9.17) is 11.6 Å². The van der Waals surface area contributed by atoms with Crippen LogP contribution in [0, 0.1) is 5.82 Å². The number of halogens is 2. The summed E-state index contributed by atoms with van der Waals surface area (Å²) in [5.41, 5.74) is 0. The van der Waals surface area contributed by atoms with Crippen LogP contribution in [-0.2, 0) is 10.0 Å². The van der Waals surface area contributed by atoms with E-state index in [0.29, 0.717) is 6.54 Å². The molecule has 1 rings (SSSR count). The molecule has 1 aromatic rings. The third kappa shape index (κ3) is 4.23. The van der Waals surface area contributed by atoms with Crippen molar-refractivity contribution in [1.82, 2.24) is 10.0 Å². The lowest BCUT2D eigenvalue weighted by molar-refractivity contribution is 0.574. The van der Waals surface area contributed by atoms with Crippen molar-refractivity contribution in [3.05, 3.63) is 29.0 Å². The zero-order valence-corrected chi connectivity index (χ0v) is 10.9. The Bertz CT molecular complexity index is 479. The van der Waals surface area contributed by atoms with Gasteiger partial charge >= 0.3 is 0 Å². The second kappa shape index (κ2) is 6.30. The molecular formula is C10H14ClFN2O2S. The molecule has 0 bridgehead atoms. The molecule has 17 heavy (non-hydrogen) atoms. The van der Waals surface area contributed by atoms with Crippen molar-refractivity contribution in [2.75, 3.05) is 19.6 Å². The Morgan fingerprint density at radius 2 is 2.06 bits per heavy atom. The first-order chi connectivity index (χ1) is 7.97. The second-order valence-electron chi connectivity index (χ2n) is 3.33. The van der Waals surface area contributed by atoms with Gasteiger partial charge in [0.25, 0.3) is 0 Å². The van der Waals surface area contributed by atoms with E-state index < -0.39 is 15.8 Å². The lowest BCUT2D eigenvalue weighted by atomic mass is 10.3. The maximum Gasteiger partial charge on any atom is 0.242 e. The number of hydrogen-bond acceptors (Lipinski definition) is 3. The Kier molecular flexibility index (Phi) is 5.32. The summed E-state index contributed by atoms with van der Waals surface area (Å²) in [6.45, 7) is 3.39. The zero-order valence-electron chi connectivity index (χ0n) is 9.33. The number of rotatable bonds is 6. The number of sulfonamides is 1. The van der Waals surface area contributed by atoms with E-state index in [1.807, 2.05) is 6.92 Å². The van der Waals surface area contributed by atoms with Crippen molar-refractivity contribution in [2.45, 2.75) is 11.8 Å². The van der Waals surface area contributed by atoms with Crippen LogP contribution in [0.25, 0.3) is 0 Å². The average molecular weight is 281 g/mol. The third-order valence-corrected chi connectivity index (χ3v) is 3.97. The van der Waals surface area contributed by atoms with Gasteiger partial charge in [0.15, 0.2) is 0 Å². The van der Waals surface area contributed by atoms with Gasteiger partial charge in [-0.05, 0) is 24.7 Å². The topological polar surface area (TPSA) is 58.2 Å². The van der Waals surface area contributed by atoms with Crippen LogP contribution < -0.4 is 10.0 Å². The van der Waals surface area contributed by atoms with Gasteiger partial charge < -0.3 is 5.32 Å². The van der Waals surface area contributed by atoms with E-state index >= 15 is 0 Å². The molecule has 0 atom stereocenters. The average Bonchev–Trinajstić information content (AvgIpc) is 2.28. The number of likely N-dealkylation sites (N-methyl/N-ethyl adjacent to an activating group) is 1. The molecule has 1 aromatic carbocycles. The lowest BCUT2D eigenvalue weighted by Gasteiger charge is -2.08. The molecule has 0 aliphatic rings. The van der Waals surface area contributed by atoms with Crippen LogP contribution in [0.3, 0.4) is 0 Å². The summed E-state index contributed by atoms with van der Waals surface area (Å²) >= 11 is 5.72. The molecule has 0 heterocycles. The second-order valence-corrected chi connectivity index (χ2v) is 5.47. The summed E-state index contributed by atoms with van der Waals surface area (Å²) in [6.07, 6.45) is 0. The molecule has 0 radical (unpaired) electrons. The van der Waals surface area contributed by atoms with Crippen LogP contribution in [0.15, 0.2) is 23.1 Å². The molecule has 0 aliphatic carbocycles. The van der Waals surface area contributed by atoms with Crippen molar-refractivity contribution >= 4 is 21.6 Å². The molecule has 0 saturated carbocycles. The highest BCUT2D eigenvalue weighted by molar-refractivity contribution is 7.89. The zero-order chi connectivity index (χ0) is 12.9. The quantitative estimate of drug-likeness (QED) is 0.774. The van der Waals surface area contributed by atoms with E-state index in [2.05, 4.69) is 10.0 Å². The fourth-order valence-corrected chi connectivity index (χ4v) is 2.75. The predicted octanol–water partition coefficient (Wildman–Crippen LogP) is 1.37. The summed E-state index contributed by atoms with van der Waals surface area (Å²) in [7, 11) is -3.76. The number of benzene rings is 1. The largest absolute Gasteiger partial charge is 0.316 e. The predicted molar refractivity (Wildman–Crippen MR) is 65.1 cm³/mol. The minimum Gasteiger partial charge on any atom is -0.316 e. The molecule has 4 nitrogen and oxygen atoms in total. The molecule has 0 aromatic heterocycles. The standard InChI is InChI=1S/C10H14ClFN2O2S/c1-2-13-5-6-14-17(15,16)10-7-8(12)3-4-9(10)11/h3-4,7,13-14H,2,5-6H2,1H3. The highest BCUT2D eigenvalue weighted by Crippen LogP contribution is 2.21. The number of nitrogens with one attached hydrogen (secondary N) is 2. The Labute approximate surface area is 105 Å². The van der Waals surface area contributed by atoms with E-state index in [9.17, 15) is 12.8 Å². The Morgan fingerprint density at radius 3 is 2.71 bits per heavy atom. The summed E-state index contributed by atoms with van der Waals surface area (Å²) in [5, 5.41) is 2.97. The van der Waals surface area contributed by atoms with Crippen molar-refractivity contribution in [3.8, 4) is 0 Å². The van der Waals surface area contributed by atoms with Gasteiger partial charge in [-0.2, -0.15) is 0 Å². The summed E-state index contributed by atoms with van der Waals surface area (Å²) < 4.78 is 38.9. The normalized spacial score (nSPS) is 11.7. The van der Waals surface area contributed by atoms with Gasteiger partial charge in [-0.1, -0.05) is 18.5 Å². The van der Waals surface area contributed by atoms with Crippen LogP contribution in [0.5, 0.6) is 0 Å². The van der Waals surface area contributed by atoms with Gasteiger partial charge in [-0.15, -0.1) is 0 Å².